The number of hydrogen-bond donors (Lipinski definition) is 0. The van der Waals surface area contributed by atoms with Gasteiger partial charge in [-0.25, -0.2) is 13.2 Å². The molecule has 0 saturated heterocycles. The molecular formula is C14H7BrF3NO. The molecule has 0 aliphatic heterocycles. The fourth-order valence-corrected chi connectivity index (χ4v) is 1.99. The minimum Gasteiger partial charge on any atom is -0.453 e. The molecule has 2 aromatic rings. The minimum absolute atomic E-state index is 0.0188. The Morgan fingerprint density at radius 2 is 1.95 bits per heavy atom. The number of para-hydroxylation sites is 1. The number of benzene rings is 2. The number of nitrogens with zero attached hydrogens (tertiary/aromatic N) is 1. The monoisotopic (exact) mass is 341 g/mol. The van der Waals surface area contributed by atoms with Gasteiger partial charge >= 0.3 is 0 Å². The van der Waals surface area contributed by atoms with Gasteiger partial charge in [-0.2, -0.15) is 5.26 Å². The first-order valence-corrected chi connectivity index (χ1v) is 6.25. The molecule has 0 bridgehead atoms. The molecule has 0 atom stereocenters. The molecule has 0 aliphatic rings. The molecule has 0 unspecified atom stereocenters. The maximum atomic E-state index is 13.6. The number of rotatable bonds is 3. The fraction of sp³-hybridized carbons (Fsp3) is 0.0714. The summed E-state index contributed by atoms with van der Waals surface area (Å²) in [5, 5.41) is 8.81. The van der Waals surface area contributed by atoms with Crippen molar-refractivity contribution in [2.24, 2.45) is 0 Å². The average molecular weight is 342 g/mol. The molecular weight excluding hydrogens is 335 g/mol. The van der Waals surface area contributed by atoms with Gasteiger partial charge in [-0.05, 0) is 46.3 Å². The van der Waals surface area contributed by atoms with Gasteiger partial charge in [0, 0.05) is 5.56 Å². The van der Waals surface area contributed by atoms with Crippen molar-refractivity contribution in [3.63, 3.8) is 0 Å². The van der Waals surface area contributed by atoms with E-state index in [2.05, 4.69) is 15.9 Å². The average Bonchev–Trinajstić information content (AvgIpc) is 2.42. The maximum absolute atomic E-state index is 13.6. The van der Waals surface area contributed by atoms with Crippen LogP contribution in [0.25, 0.3) is 0 Å². The summed E-state index contributed by atoms with van der Waals surface area (Å²) in [4.78, 5) is 0. The van der Waals surface area contributed by atoms with Gasteiger partial charge < -0.3 is 4.74 Å². The molecule has 0 fully saturated rings. The molecule has 6 heteroatoms. The molecule has 2 rings (SSSR count). The van der Waals surface area contributed by atoms with E-state index in [0.717, 1.165) is 12.1 Å². The summed E-state index contributed by atoms with van der Waals surface area (Å²) < 4.78 is 44.6. The van der Waals surface area contributed by atoms with E-state index in [9.17, 15) is 13.2 Å². The van der Waals surface area contributed by atoms with Gasteiger partial charge in [0.15, 0.2) is 11.6 Å². The summed E-state index contributed by atoms with van der Waals surface area (Å²) in [6.07, 6.45) is -2.74. The van der Waals surface area contributed by atoms with Gasteiger partial charge in [0.1, 0.15) is 5.75 Å². The van der Waals surface area contributed by atoms with Gasteiger partial charge in [0.25, 0.3) is 6.43 Å². The Bertz CT molecular complexity index is 662. The second kappa shape index (κ2) is 5.97. The van der Waals surface area contributed by atoms with Gasteiger partial charge in [-0.15, -0.1) is 0 Å². The zero-order chi connectivity index (χ0) is 14.7. The van der Waals surface area contributed by atoms with Crippen molar-refractivity contribution >= 4 is 15.9 Å². The Morgan fingerprint density at radius 1 is 1.20 bits per heavy atom. The van der Waals surface area contributed by atoms with E-state index in [1.165, 1.54) is 18.2 Å². The molecule has 0 amide bonds. The second-order valence-corrected chi connectivity index (χ2v) is 4.71. The van der Waals surface area contributed by atoms with Gasteiger partial charge in [-0.1, -0.05) is 6.07 Å². The normalized spacial score (nSPS) is 10.4. The minimum atomic E-state index is -2.74. The number of alkyl halides is 2. The standard InChI is InChI=1S/C14H7BrF3NO/c15-11-2-1-3-12(16)13(11)20-10-5-8(7-19)4-9(6-10)14(17)18/h1-6,14H. The molecule has 0 aromatic heterocycles. The van der Waals surface area contributed by atoms with Crippen LogP contribution < -0.4 is 4.74 Å². The Balaban J connectivity index is 2.44. The number of nitriles is 1. The highest BCUT2D eigenvalue weighted by Crippen LogP contribution is 2.34. The molecule has 0 radical (unpaired) electrons. The van der Waals surface area contributed by atoms with E-state index in [1.807, 2.05) is 0 Å². The Hall–Kier alpha value is -2.00. The van der Waals surface area contributed by atoms with Crippen LogP contribution in [0, 0.1) is 17.1 Å². The van der Waals surface area contributed by atoms with Crippen molar-refractivity contribution in [2.75, 3.05) is 0 Å². The van der Waals surface area contributed by atoms with Crippen LogP contribution in [-0.2, 0) is 0 Å². The van der Waals surface area contributed by atoms with Crippen molar-refractivity contribution < 1.29 is 17.9 Å². The van der Waals surface area contributed by atoms with E-state index in [4.69, 9.17) is 10.00 Å². The smallest absolute Gasteiger partial charge is 0.264 e. The van der Waals surface area contributed by atoms with Crippen molar-refractivity contribution in [2.45, 2.75) is 6.43 Å². The molecule has 20 heavy (non-hydrogen) atoms. The van der Waals surface area contributed by atoms with Crippen LogP contribution in [0.2, 0.25) is 0 Å². The number of halogens is 4. The molecule has 2 aromatic carbocycles. The molecule has 0 N–H and O–H groups in total. The summed E-state index contributed by atoms with van der Waals surface area (Å²) in [5.41, 5.74) is -0.336. The van der Waals surface area contributed by atoms with E-state index in [0.29, 0.717) is 4.47 Å². The molecule has 0 aliphatic carbocycles. The van der Waals surface area contributed by atoms with Gasteiger partial charge in [-0.3, -0.25) is 0 Å². The predicted molar refractivity (Wildman–Crippen MR) is 70.3 cm³/mol. The van der Waals surface area contributed by atoms with Crippen molar-refractivity contribution in [1.29, 1.82) is 5.26 Å². The molecule has 0 spiro atoms. The largest absolute Gasteiger partial charge is 0.453 e. The zero-order valence-electron chi connectivity index (χ0n) is 9.91. The summed E-state index contributed by atoms with van der Waals surface area (Å²) in [7, 11) is 0. The second-order valence-electron chi connectivity index (χ2n) is 3.86. The molecule has 102 valence electrons. The third-order valence-electron chi connectivity index (χ3n) is 2.45. The Labute approximate surface area is 121 Å². The maximum Gasteiger partial charge on any atom is 0.264 e. The third-order valence-corrected chi connectivity index (χ3v) is 3.07. The van der Waals surface area contributed by atoms with Crippen LogP contribution in [-0.4, -0.2) is 0 Å². The van der Waals surface area contributed by atoms with E-state index < -0.39 is 12.2 Å². The first-order valence-electron chi connectivity index (χ1n) is 5.46. The van der Waals surface area contributed by atoms with Gasteiger partial charge in [0.2, 0.25) is 0 Å². The van der Waals surface area contributed by atoms with Crippen molar-refractivity contribution in [3.05, 3.63) is 57.8 Å². The lowest BCUT2D eigenvalue weighted by molar-refractivity contribution is 0.151. The van der Waals surface area contributed by atoms with Crippen LogP contribution in [0.1, 0.15) is 17.6 Å². The van der Waals surface area contributed by atoms with Crippen LogP contribution in [0.15, 0.2) is 40.9 Å². The zero-order valence-corrected chi connectivity index (χ0v) is 11.5. The highest BCUT2D eigenvalue weighted by molar-refractivity contribution is 9.10. The lowest BCUT2D eigenvalue weighted by atomic mass is 10.1. The summed E-state index contributed by atoms with van der Waals surface area (Å²) in [5.74, 6) is -0.784. The summed E-state index contributed by atoms with van der Waals surface area (Å²) in [6, 6.07) is 9.38. The summed E-state index contributed by atoms with van der Waals surface area (Å²) >= 11 is 3.11. The Kier molecular flexibility index (Phi) is 4.30. The quantitative estimate of drug-likeness (QED) is 0.769. The molecule has 0 saturated carbocycles. The number of hydrogen-bond acceptors (Lipinski definition) is 2. The van der Waals surface area contributed by atoms with Crippen LogP contribution in [0.5, 0.6) is 11.5 Å². The van der Waals surface area contributed by atoms with Gasteiger partial charge in [0.05, 0.1) is 16.1 Å². The summed E-state index contributed by atoms with van der Waals surface area (Å²) in [6.45, 7) is 0. The first-order chi connectivity index (χ1) is 9.51. The first kappa shape index (κ1) is 14.4. The van der Waals surface area contributed by atoms with E-state index in [1.54, 1.807) is 12.1 Å². The molecule has 2 nitrogen and oxygen atoms in total. The topological polar surface area (TPSA) is 33.0 Å². The highest BCUT2D eigenvalue weighted by Gasteiger charge is 2.14. The number of ether oxygens (including phenoxy) is 1. The Morgan fingerprint density at radius 3 is 2.55 bits per heavy atom. The lowest BCUT2D eigenvalue weighted by Crippen LogP contribution is -1.93. The SMILES string of the molecule is N#Cc1cc(Oc2c(F)cccc2Br)cc(C(F)F)c1. The van der Waals surface area contributed by atoms with E-state index >= 15 is 0 Å². The van der Waals surface area contributed by atoms with Crippen LogP contribution in [0.3, 0.4) is 0 Å². The van der Waals surface area contributed by atoms with E-state index in [-0.39, 0.29) is 22.6 Å². The highest BCUT2D eigenvalue weighted by atomic mass is 79.9. The van der Waals surface area contributed by atoms with Crippen molar-refractivity contribution in [3.8, 4) is 17.6 Å². The van der Waals surface area contributed by atoms with Crippen molar-refractivity contribution in [1.82, 2.24) is 0 Å². The third kappa shape index (κ3) is 3.11. The lowest BCUT2D eigenvalue weighted by Gasteiger charge is -2.10. The van der Waals surface area contributed by atoms with Crippen LogP contribution in [0.4, 0.5) is 13.2 Å². The fourth-order valence-electron chi connectivity index (χ4n) is 1.57. The molecule has 0 heterocycles. The predicted octanol–water partition coefficient (Wildman–Crippen LogP) is 5.19. The van der Waals surface area contributed by atoms with Crippen LogP contribution >= 0.6 is 15.9 Å².